The van der Waals surface area contributed by atoms with E-state index in [-0.39, 0.29) is 17.7 Å². The Morgan fingerprint density at radius 1 is 1.47 bits per heavy atom. The van der Waals surface area contributed by atoms with Crippen molar-refractivity contribution < 1.29 is 14.1 Å². The number of alkyl halides is 1. The SMILES string of the molecule is CCOc1ccccc1-c1cc(NC(=O)CCl)on1. The summed E-state index contributed by atoms with van der Waals surface area (Å²) < 4.78 is 10.5. The zero-order valence-corrected chi connectivity index (χ0v) is 11.1. The van der Waals surface area contributed by atoms with Crippen molar-refractivity contribution in [3.05, 3.63) is 30.3 Å². The lowest BCUT2D eigenvalue weighted by Gasteiger charge is -2.06. The molecule has 5 nitrogen and oxygen atoms in total. The van der Waals surface area contributed by atoms with Crippen LogP contribution in [0.3, 0.4) is 0 Å². The van der Waals surface area contributed by atoms with Gasteiger partial charge >= 0.3 is 0 Å². The van der Waals surface area contributed by atoms with Gasteiger partial charge < -0.3 is 9.26 Å². The molecule has 0 aliphatic carbocycles. The number of ether oxygens (including phenoxy) is 1. The molecular formula is C13H13ClN2O3. The average molecular weight is 281 g/mol. The summed E-state index contributed by atoms with van der Waals surface area (Å²) in [4.78, 5) is 11.1. The van der Waals surface area contributed by atoms with Gasteiger partial charge in [-0.2, -0.15) is 0 Å². The Hall–Kier alpha value is -2.01. The Kier molecular flexibility index (Phi) is 4.41. The first-order valence-corrected chi connectivity index (χ1v) is 6.32. The molecule has 0 saturated heterocycles. The lowest BCUT2D eigenvalue weighted by Crippen LogP contribution is -2.11. The highest BCUT2D eigenvalue weighted by atomic mass is 35.5. The number of nitrogens with zero attached hydrogens (tertiary/aromatic N) is 1. The van der Waals surface area contributed by atoms with Crippen LogP contribution >= 0.6 is 11.6 Å². The normalized spacial score (nSPS) is 10.2. The Morgan fingerprint density at radius 3 is 3.00 bits per heavy atom. The molecule has 0 radical (unpaired) electrons. The van der Waals surface area contributed by atoms with Crippen LogP contribution in [-0.2, 0) is 4.79 Å². The van der Waals surface area contributed by atoms with Crippen LogP contribution in [0.25, 0.3) is 11.3 Å². The predicted molar refractivity (Wildman–Crippen MR) is 72.5 cm³/mol. The zero-order valence-electron chi connectivity index (χ0n) is 10.4. The fourth-order valence-corrected chi connectivity index (χ4v) is 1.66. The van der Waals surface area contributed by atoms with E-state index in [4.69, 9.17) is 20.9 Å². The maximum atomic E-state index is 11.1. The first kappa shape index (κ1) is 13.4. The molecule has 1 aromatic heterocycles. The maximum absolute atomic E-state index is 11.1. The molecule has 0 atom stereocenters. The number of aromatic nitrogens is 1. The number of hydrogen-bond acceptors (Lipinski definition) is 4. The molecule has 0 aliphatic rings. The van der Waals surface area contributed by atoms with Crippen LogP contribution in [0.15, 0.2) is 34.9 Å². The molecule has 0 unspecified atom stereocenters. The summed E-state index contributed by atoms with van der Waals surface area (Å²) in [6.45, 7) is 2.47. The van der Waals surface area contributed by atoms with Crippen molar-refractivity contribution in [3.63, 3.8) is 0 Å². The maximum Gasteiger partial charge on any atom is 0.241 e. The molecule has 2 rings (SSSR count). The summed E-state index contributed by atoms with van der Waals surface area (Å²) in [5, 5.41) is 6.40. The molecule has 1 heterocycles. The second-order valence-electron chi connectivity index (χ2n) is 3.69. The molecule has 1 N–H and O–H groups in total. The quantitative estimate of drug-likeness (QED) is 0.855. The molecule has 2 aromatic rings. The molecule has 0 bridgehead atoms. The summed E-state index contributed by atoms with van der Waals surface area (Å²) >= 11 is 5.40. The number of para-hydroxylation sites is 1. The fourth-order valence-electron chi connectivity index (χ4n) is 1.59. The smallest absolute Gasteiger partial charge is 0.241 e. The zero-order chi connectivity index (χ0) is 13.7. The average Bonchev–Trinajstić information content (AvgIpc) is 2.88. The number of nitrogens with one attached hydrogen (secondary N) is 1. The van der Waals surface area contributed by atoms with Gasteiger partial charge in [-0.15, -0.1) is 11.6 Å². The Labute approximate surface area is 115 Å². The van der Waals surface area contributed by atoms with Crippen LogP contribution in [0.5, 0.6) is 5.75 Å². The highest BCUT2D eigenvalue weighted by Gasteiger charge is 2.12. The van der Waals surface area contributed by atoms with Crippen molar-refractivity contribution in [2.45, 2.75) is 6.92 Å². The molecule has 6 heteroatoms. The standard InChI is InChI=1S/C13H13ClN2O3/c1-2-18-11-6-4-3-5-9(11)10-7-13(19-16-10)15-12(17)8-14/h3-7H,2,8H2,1H3,(H,15,17). The first-order valence-electron chi connectivity index (χ1n) is 5.79. The van der Waals surface area contributed by atoms with Gasteiger partial charge in [-0.1, -0.05) is 17.3 Å². The molecule has 0 saturated carbocycles. The van der Waals surface area contributed by atoms with Crippen LogP contribution < -0.4 is 10.1 Å². The van der Waals surface area contributed by atoms with Gasteiger partial charge in [0.2, 0.25) is 11.8 Å². The van der Waals surface area contributed by atoms with Gasteiger partial charge in [0.1, 0.15) is 17.3 Å². The second-order valence-corrected chi connectivity index (χ2v) is 3.95. The van der Waals surface area contributed by atoms with Crippen LogP contribution in [0.4, 0.5) is 5.88 Å². The fraction of sp³-hybridized carbons (Fsp3) is 0.231. The number of anilines is 1. The topological polar surface area (TPSA) is 64.4 Å². The number of benzene rings is 1. The van der Waals surface area contributed by atoms with E-state index in [9.17, 15) is 4.79 Å². The van der Waals surface area contributed by atoms with E-state index in [0.29, 0.717) is 18.1 Å². The number of hydrogen-bond donors (Lipinski definition) is 1. The van der Waals surface area contributed by atoms with Crippen molar-refractivity contribution in [2.75, 3.05) is 17.8 Å². The number of halogens is 1. The molecule has 0 spiro atoms. The van der Waals surface area contributed by atoms with Crippen LogP contribution in [0, 0.1) is 0 Å². The van der Waals surface area contributed by atoms with Gasteiger partial charge in [-0.25, -0.2) is 0 Å². The molecular weight excluding hydrogens is 268 g/mol. The van der Waals surface area contributed by atoms with E-state index in [1.54, 1.807) is 6.07 Å². The van der Waals surface area contributed by atoms with Gasteiger partial charge in [0.15, 0.2) is 0 Å². The Morgan fingerprint density at radius 2 is 2.26 bits per heavy atom. The number of carbonyl (C=O) groups excluding carboxylic acids is 1. The minimum absolute atomic E-state index is 0.133. The van der Waals surface area contributed by atoms with E-state index in [0.717, 1.165) is 5.56 Å². The second kappa shape index (κ2) is 6.24. The third-order valence-electron chi connectivity index (χ3n) is 2.36. The van der Waals surface area contributed by atoms with Crippen LogP contribution in [0.1, 0.15) is 6.92 Å². The van der Waals surface area contributed by atoms with Crippen molar-refractivity contribution >= 4 is 23.4 Å². The third kappa shape index (κ3) is 3.26. The predicted octanol–water partition coefficient (Wildman–Crippen LogP) is 2.92. The number of rotatable bonds is 5. The van der Waals surface area contributed by atoms with Crippen molar-refractivity contribution in [2.24, 2.45) is 0 Å². The highest BCUT2D eigenvalue weighted by Crippen LogP contribution is 2.30. The Balaban J connectivity index is 2.25. The summed E-state index contributed by atoms with van der Waals surface area (Å²) in [6, 6.07) is 9.11. The van der Waals surface area contributed by atoms with Gasteiger partial charge in [-0.3, -0.25) is 10.1 Å². The van der Waals surface area contributed by atoms with Gasteiger partial charge in [0.05, 0.1) is 6.61 Å². The molecule has 0 fully saturated rings. The van der Waals surface area contributed by atoms with Crippen LogP contribution in [0.2, 0.25) is 0 Å². The Bertz CT molecular complexity index is 569. The molecule has 0 aliphatic heterocycles. The lowest BCUT2D eigenvalue weighted by molar-refractivity contribution is -0.114. The minimum atomic E-state index is -0.345. The van der Waals surface area contributed by atoms with Crippen molar-refractivity contribution in [1.29, 1.82) is 0 Å². The number of carbonyl (C=O) groups is 1. The molecule has 1 amide bonds. The highest BCUT2D eigenvalue weighted by molar-refractivity contribution is 6.28. The van der Waals surface area contributed by atoms with E-state index >= 15 is 0 Å². The van der Waals surface area contributed by atoms with Crippen LogP contribution in [-0.4, -0.2) is 23.6 Å². The largest absolute Gasteiger partial charge is 0.493 e. The van der Waals surface area contributed by atoms with Gasteiger partial charge in [0.25, 0.3) is 0 Å². The van der Waals surface area contributed by atoms with Gasteiger partial charge in [0, 0.05) is 11.6 Å². The van der Waals surface area contributed by atoms with E-state index < -0.39 is 0 Å². The summed E-state index contributed by atoms with van der Waals surface area (Å²) in [6.07, 6.45) is 0. The van der Waals surface area contributed by atoms with Crippen molar-refractivity contribution in [1.82, 2.24) is 5.16 Å². The first-order chi connectivity index (χ1) is 9.24. The lowest BCUT2D eigenvalue weighted by atomic mass is 10.1. The monoisotopic (exact) mass is 280 g/mol. The minimum Gasteiger partial charge on any atom is -0.493 e. The van der Waals surface area contributed by atoms with Gasteiger partial charge in [-0.05, 0) is 19.1 Å². The van der Waals surface area contributed by atoms with E-state index in [1.165, 1.54) is 0 Å². The molecule has 100 valence electrons. The molecule has 19 heavy (non-hydrogen) atoms. The van der Waals surface area contributed by atoms with E-state index in [2.05, 4.69) is 10.5 Å². The number of amides is 1. The summed E-state index contributed by atoms with van der Waals surface area (Å²) in [5.41, 5.74) is 1.40. The van der Waals surface area contributed by atoms with E-state index in [1.807, 2.05) is 31.2 Å². The third-order valence-corrected chi connectivity index (χ3v) is 2.60. The summed E-state index contributed by atoms with van der Waals surface area (Å²) in [5.74, 6) is 0.494. The summed E-state index contributed by atoms with van der Waals surface area (Å²) in [7, 11) is 0. The molecule has 1 aromatic carbocycles. The van der Waals surface area contributed by atoms with Crippen molar-refractivity contribution in [3.8, 4) is 17.0 Å².